The van der Waals surface area contributed by atoms with Crippen LogP contribution in [0.1, 0.15) is 11.1 Å². The van der Waals surface area contributed by atoms with Gasteiger partial charge in [0.2, 0.25) is 0 Å². The third-order valence-corrected chi connectivity index (χ3v) is 3.49. The van der Waals surface area contributed by atoms with Crippen LogP contribution in [0.5, 0.6) is 0 Å². The molecule has 0 bridgehead atoms. The first-order valence-electron chi connectivity index (χ1n) is 6.89. The van der Waals surface area contributed by atoms with Crippen LogP contribution in [0.15, 0.2) is 47.5 Å². The van der Waals surface area contributed by atoms with Crippen LogP contribution in [0.4, 0.5) is 17.1 Å². The Morgan fingerprint density at radius 2 is 1.78 bits per heavy atom. The fourth-order valence-corrected chi connectivity index (χ4v) is 2.52. The molecule has 2 aromatic carbocycles. The molecule has 0 aromatic heterocycles. The summed E-state index contributed by atoms with van der Waals surface area (Å²) in [4.78, 5) is 25.6. The van der Waals surface area contributed by atoms with Crippen molar-refractivity contribution in [2.24, 2.45) is 4.99 Å². The Morgan fingerprint density at radius 1 is 1.04 bits per heavy atom. The van der Waals surface area contributed by atoms with E-state index in [2.05, 4.69) is 10.3 Å². The lowest BCUT2D eigenvalue weighted by Crippen LogP contribution is -2.10. The number of anilines is 1. The van der Waals surface area contributed by atoms with Gasteiger partial charge < -0.3 is 5.32 Å². The Hall–Kier alpha value is -3.29. The normalized spacial score (nSPS) is 13.3. The van der Waals surface area contributed by atoms with E-state index in [-0.39, 0.29) is 16.9 Å². The first-order valence-corrected chi connectivity index (χ1v) is 6.89. The largest absolute Gasteiger partial charge is 0.382 e. The number of benzene rings is 2. The number of non-ortho nitro benzene ring substituents is 1. The Morgan fingerprint density at radius 3 is 2.43 bits per heavy atom. The summed E-state index contributed by atoms with van der Waals surface area (Å²) in [5.74, 6) is 0. The van der Waals surface area contributed by atoms with Gasteiger partial charge in [-0.1, -0.05) is 30.3 Å². The third-order valence-electron chi connectivity index (χ3n) is 3.49. The minimum Gasteiger partial charge on any atom is -0.382 e. The molecular formula is C15H12N4O4. The Balaban J connectivity index is 2.28. The molecule has 1 N–H and O–H groups in total. The molecule has 0 spiro atoms. The van der Waals surface area contributed by atoms with Crippen LogP contribution in [0, 0.1) is 20.2 Å². The summed E-state index contributed by atoms with van der Waals surface area (Å²) in [6, 6.07) is 11.4. The lowest BCUT2D eigenvalue weighted by atomic mass is 9.98. The number of nitro benzene ring substituents is 2. The van der Waals surface area contributed by atoms with Gasteiger partial charge in [0.1, 0.15) is 5.56 Å². The van der Waals surface area contributed by atoms with Gasteiger partial charge in [0, 0.05) is 18.2 Å². The number of nitro groups is 2. The topological polar surface area (TPSA) is 111 Å². The highest BCUT2D eigenvalue weighted by molar-refractivity contribution is 6.18. The van der Waals surface area contributed by atoms with E-state index in [4.69, 9.17) is 0 Å². The van der Waals surface area contributed by atoms with Crippen LogP contribution < -0.4 is 5.32 Å². The molecule has 0 aliphatic carbocycles. The monoisotopic (exact) mass is 312 g/mol. The lowest BCUT2D eigenvalue weighted by molar-refractivity contribution is -0.394. The van der Waals surface area contributed by atoms with Crippen molar-refractivity contribution in [3.05, 3.63) is 73.8 Å². The van der Waals surface area contributed by atoms with E-state index in [0.29, 0.717) is 24.5 Å². The van der Waals surface area contributed by atoms with Gasteiger partial charge in [0.25, 0.3) is 11.4 Å². The van der Waals surface area contributed by atoms with Gasteiger partial charge in [-0.05, 0) is 0 Å². The molecule has 8 heteroatoms. The standard InChI is InChI=1S/C15H12N4O4/c20-18(21)11-8-12-14(13(9-11)19(22)23)15(17-7-6-16-12)10-4-2-1-3-5-10/h1-5,8-9,16H,6-7H2. The zero-order valence-electron chi connectivity index (χ0n) is 11.9. The molecule has 23 heavy (non-hydrogen) atoms. The average molecular weight is 312 g/mol. The summed E-state index contributed by atoms with van der Waals surface area (Å²) in [6.07, 6.45) is 0. The van der Waals surface area contributed by atoms with Gasteiger partial charge in [-0.3, -0.25) is 25.2 Å². The molecule has 116 valence electrons. The van der Waals surface area contributed by atoms with Crippen LogP contribution in [-0.2, 0) is 0 Å². The molecule has 0 radical (unpaired) electrons. The first-order chi connectivity index (χ1) is 11.1. The molecule has 1 aliphatic heterocycles. The van der Waals surface area contributed by atoms with Crippen molar-refractivity contribution in [1.29, 1.82) is 0 Å². The van der Waals surface area contributed by atoms with Crippen molar-refractivity contribution in [3.8, 4) is 0 Å². The molecule has 0 amide bonds. The Labute approximate surface area is 130 Å². The summed E-state index contributed by atoms with van der Waals surface area (Å²) >= 11 is 0. The summed E-state index contributed by atoms with van der Waals surface area (Å²) in [7, 11) is 0. The number of fused-ring (bicyclic) bond motifs is 1. The Bertz CT molecular complexity index is 818. The number of nitrogens with zero attached hydrogens (tertiary/aromatic N) is 3. The van der Waals surface area contributed by atoms with Gasteiger partial charge in [0.15, 0.2) is 0 Å². The molecule has 0 saturated carbocycles. The van der Waals surface area contributed by atoms with E-state index >= 15 is 0 Å². The summed E-state index contributed by atoms with van der Waals surface area (Å²) < 4.78 is 0. The van der Waals surface area contributed by atoms with E-state index < -0.39 is 9.85 Å². The van der Waals surface area contributed by atoms with E-state index in [1.54, 1.807) is 12.1 Å². The minimum atomic E-state index is -0.640. The molecule has 0 atom stereocenters. The minimum absolute atomic E-state index is 0.282. The van der Waals surface area contributed by atoms with Crippen molar-refractivity contribution >= 4 is 22.8 Å². The maximum atomic E-state index is 11.4. The predicted octanol–water partition coefficient (Wildman–Crippen LogP) is 2.77. The van der Waals surface area contributed by atoms with Crippen LogP contribution in [-0.4, -0.2) is 28.6 Å². The molecule has 8 nitrogen and oxygen atoms in total. The molecule has 3 rings (SSSR count). The zero-order valence-corrected chi connectivity index (χ0v) is 11.9. The quantitative estimate of drug-likeness (QED) is 0.692. The van der Waals surface area contributed by atoms with Crippen LogP contribution in [0.2, 0.25) is 0 Å². The summed E-state index contributed by atoms with van der Waals surface area (Å²) in [5, 5.41) is 25.5. The molecule has 0 fully saturated rings. The summed E-state index contributed by atoms with van der Waals surface area (Å²) in [5.41, 5.74) is 1.18. The second-order valence-corrected chi connectivity index (χ2v) is 4.92. The third kappa shape index (κ3) is 2.73. The van der Waals surface area contributed by atoms with Gasteiger partial charge in [-0.15, -0.1) is 0 Å². The molecular weight excluding hydrogens is 300 g/mol. The fraction of sp³-hybridized carbons (Fsp3) is 0.133. The van der Waals surface area contributed by atoms with E-state index in [0.717, 1.165) is 11.6 Å². The molecule has 2 aromatic rings. The number of hydrogen-bond acceptors (Lipinski definition) is 6. The smallest absolute Gasteiger partial charge is 0.287 e. The van der Waals surface area contributed by atoms with Crippen molar-refractivity contribution < 1.29 is 9.85 Å². The van der Waals surface area contributed by atoms with E-state index in [1.165, 1.54) is 6.07 Å². The lowest BCUT2D eigenvalue weighted by Gasteiger charge is -2.11. The molecule has 0 saturated heterocycles. The van der Waals surface area contributed by atoms with Gasteiger partial charge in [-0.2, -0.15) is 0 Å². The molecule has 1 heterocycles. The van der Waals surface area contributed by atoms with Crippen LogP contribution in [0.25, 0.3) is 0 Å². The number of benzodiazepines with no additional fused rings is 1. The van der Waals surface area contributed by atoms with E-state index in [9.17, 15) is 20.2 Å². The number of nitrogens with one attached hydrogen (secondary N) is 1. The highest BCUT2D eigenvalue weighted by Crippen LogP contribution is 2.35. The van der Waals surface area contributed by atoms with Crippen molar-refractivity contribution in [2.45, 2.75) is 0 Å². The summed E-state index contributed by atoms with van der Waals surface area (Å²) in [6.45, 7) is 0.867. The first kappa shape index (κ1) is 14.6. The van der Waals surface area contributed by atoms with Crippen LogP contribution >= 0.6 is 0 Å². The SMILES string of the molecule is O=[N+]([O-])c1cc2c(c([N+](=O)[O-])c1)C(c1ccccc1)=NCCN2. The van der Waals surface area contributed by atoms with Crippen LogP contribution in [0.3, 0.4) is 0 Å². The average Bonchev–Trinajstić information content (AvgIpc) is 2.76. The zero-order chi connectivity index (χ0) is 16.4. The Kier molecular flexibility index (Phi) is 3.71. The number of aliphatic imine (C=N–C) groups is 1. The second kappa shape index (κ2) is 5.84. The van der Waals surface area contributed by atoms with Gasteiger partial charge in [0.05, 0.1) is 33.9 Å². The molecule has 1 aliphatic rings. The maximum Gasteiger partial charge on any atom is 0.287 e. The van der Waals surface area contributed by atoms with Crippen molar-refractivity contribution in [1.82, 2.24) is 0 Å². The van der Waals surface area contributed by atoms with Gasteiger partial charge >= 0.3 is 0 Å². The van der Waals surface area contributed by atoms with E-state index in [1.807, 2.05) is 18.2 Å². The van der Waals surface area contributed by atoms with Gasteiger partial charge in [-0.25, -0.2) is 0 Å². The second-order valence-electron chi connectivity index (χ2n) is 4.92. The molecule has 0 unspecified atom stereocenters. The predicted molar refractivity (Wildman–Crippen MR) is 85.2 cm³/mol. The fourth-order valence-electron chi connectivity index (χ4n) is 2.52. The highest BCUT2D eigenvalue weighted by atomic mass is 16.6. The highest BCUT2D eigenvalue weighted by Gasteiger charge is 2.29. The maximum absolute atomic E-state index is 11.4. The van der Waals surface area contributed by atoms with Crippen molar-refractivity contribution in [2.75, 3.05) is 18.4 Å². The van der Waals surface area contributed by atoms with Crippen molar-refractivity contribution in [3.63, 3.8) is 0 Å². The number of hydrogen-bond donors (Lipinski definition) is 1. The number of rotatable bonds is 3.